The Bertz CT molecular complexity index is 935. The number of hydrogen-bond donors (Lipinski definition) is 1. The van der Waals surface area contributed by atoms with Crippen LogP contribution in [0.15, 0.2) is 30.3 Å². The first-order valence-electron chi connectivity index (χ1n) is 10.4. The van der Waals surface area contributed by atoms with E-state index in [9.17, 15) is 9.59 Å². The van der Waals surface area contributed by atoms with Gasteiger partial charge in [0.15, 0.2) is 6.04 Å². The number of aromatic nitrogens is 2. The molecule has 2 N–H and O–H groups in total. The molecule has 2 aliphatic rings. The molecule has 0 radical (unpaired) electrons. The highest BCUT2D eigenvalue weighted by Crippen LogP contribution is 2.26. The highest BCUT2D eigenvalue weighted by Gasteiger charge is 2.43. The molecule has 3 heterocycles. The van der Waals surface area contributed by atoms with E-state index in [2.05, 4.69) is 20.2 Å². The lowest BCUT2D eigenvalue weighted by molar-refractivity contribution is -0.709. The Morgan fingerprint density at radius 2 is 1.77 bits per heavy atom. The van der Waals surface area contributed by atoms with Gasteiger partial charge in [0.1, 0.15) is 5.75 Å². The lowest BCUT2D eigenvalue weighted by Gasteiger charge is -2.31. The second kappa shape index (κ2) is 8.39. The maximum absolute atomic E-state index is 13.0. The standard InChI is InChI=1S/C22H27N5O3/c1-14-11-15(2)24-22(23-14)26-9-7-16(8-10-26)25-19-13-20(28)27(21(19)29)17-5-4-6-18(12-17)30-3/h4-6,11-12,16,19,25H,7-10,13H2,1-3H3/p+1/t19-/m1/s1. The minimum atomic E-state index is -0.363. The van der Waals surface area contributed by atoms with Crippen LogP contribution in [0.3, 0.4) is 0 Å². The SMILES string of the molecule is COc1cccc(N2C(=O)C[C@@H]([NH2+]C3CCN(c4nc(C)cc(C)n4)CC3)C2=O)c1. The maximum Gasteiger partial charge on any atom is 0.292 e. The quantitative estimate of drug-likeness (QED) is 0.739. The third-order valence-corrected chi connectivity index (χ3v) is 5.79. The summed E-state index contributed by atoms with van der Waals surface area (Å²) >= 11 is 0. The van der Waals surface area contributed by atoms with E-state index in [1.807, 2.05) is 19.9 Å². The average Bonchev–Trinajstić information content (AvgIpc) is 3.01. The average molecular weight is 410 g/mol. The molecule has 2 amide bonds. The number of nitrogens with zero attached hydrogens (tertiary/aromatic N) is 4. The van der Waals surface area contributed by atoms with Crippen LogP contribution in [0.2, 0.25) is 0 Å². The Hall–Kier alpha value is -3.00. The molecule has 0 unspecified atom stereocenters. The van der Waals surface area contributed by atoms with Gasteiger partial charge >= 0.3 is 0 Å². The zero-order valence-corrected chi connectivity index (χ0v) is 17.7. The van der Waals surface area contributed by atoms with E-state index in [0.717, 1.165) is 43.3 Å². The molecule has 158 valence electrons. The molecule has 1 aromatic carbocycles. The van der Waals surface area contributed by atoms with Crippen LogP contribution in [-0.2, 0) is 9.59 Å². The highest BCUT2D eigenvalue weighted by molar-refractivity contribution is 6.21. The Balaban J connectivity index is 1.37. The fourth-order valence-electron chi connectivity index (χ4n) is 4.30. The van der Waals surface area contributed by atoms with E-state index in [4.69, 9.17) is 4.74 Å². The molecule has 0 bridgehead atoms. The molecule has 0 aliphatic carbocycles. The number of anilines is 2. The lowest BCUT2D eigenvalue weighted by Crippen LogP contribution is -2.97. The summed E-state index contributed by atoms with van der Waals surface area (Å²) in [5, 5.41) is 2.08. The summed E-state index contributed by atoms with van der Waals surface area (Å²) < 4.78 is 5.22. The van der Waals surface area contributed by atoms with Gasteiger partial charge in [0.2, 0.25) is 11.9 Å². The third kappa shape index (κ3) is 4.14. The molecule has 8 heteroatoms. The Morgan fingerprint density at radius 3 is 2.43 bits per heavy atom. The molecule has 8 nitrogen and oxygen atoms in total. The van der Waals surface area contributed by atoms with Gasteiger partial charge in [-0.15, -0.1) is 0 Å². The zero-order valence-electron chi connectivity index (χ0n) is 17.7. The van der Waals surface area contributed by atoms with Gasteiger partial charge in [-0.3, -0.25) is 9.59 Å². The number of hydrogen-bond acceptors (Lipinski definition) is 6. The van der Waals surface area contributed by atoms with Crippen molar-refractivity contribution in [3.8, 4) is 5.75 Å². The molecule has 0 saturated carbocycles. The molecule has 1 atom stereocenters. The lowest BCUT2D eigenvalue weighted by atomic mass is 10.0. The van der Waals surface area contributed by atoms with E-state index >= 15 is 0 Å². The predicted molar refractivity (Wildman–Crippen MR) is 113 cm³/mol. The number of piperidine rings is 1. The van der Waals surface area contributed by atoms with Crippen LogP contribution in [0.4, 0.5) is 11.6 Å². The van der Waals surface area contributed by atoms with E-state index in [0.29, 0.717) is 17.5 Å². The predicted octanol–water partition coefficient (Wildman–Crippen LogP) is 0.966. The van der Waals surface area contributed by atoms with Gasteiger partial charge in [0.05, 0.1) is 25.3 Å². The topological polar surface area (TPSA) is 92.2 Å². The fourth-order valence-corrected chi connectivity index (χ4v) is 4.30. The molecular weight excluding hydrogens is 382 g/mol. The van der Waals surface area contributed by atoms with Gasteiger partial charge in [-0.2, -0.15) is 0 Å². The highest BCUT2D eigenvalue weighted by atomic mass is 16.5. The van der Waals surface area contributed by atoms with Crippen molar-refractivity contribution in [1.82, 2.24) is 9.97 Å². The van der Waals surface area contributed by atoms with Gasteiger partial charge in [-0.1, -0.05) is 6.07 Å². The van der Waals surface area contributed by atoms with Crippen LogP contribution < -0.4 is 19.9 Å². The van der Waals surface area contributed by atoms with Crippen molar-refractivity contribution in [3.63, 3.8) is 0 Å². The number of amides is 2. The number of imide groups is 1. The van der Waals surface area contributed by atoms with Crippen LogP contribution in [0.25, 0.3) is 0 Å². The van der Waals surface area contributed by atoms with Crippen molar-refractivity contribution in [2.45, 2.75) is 45.2 Å². The van der Waals surface area contributed by atoms with E-state index < -0.39 is 0 Å². The monoisotopic (exact) mass is 410 g/mol. The Morgan fingerprint density at radius 1 is 1.07 bits per heavy atom. The molecular formula is C22H28N5O3+. The zero-order chi connectivity index (χ0) is 21.3. The molecule has 2 aliphatic heterocycles. The van der Waals surface area contributed by atoms with Crippen LogP contribution in [-0.4, -0.2) is 54.1 Å². The van der Waals surface area contributed by atoms with Gasteiger partial charge in [-0.05, 0) is 32.0 Å². The molecule has 1 aromatic heterocycles. The van der Waals surface area contributed by atoms with Crippen molar-refractivity contribution in [1.29, 1.82) is 0 Å². The molecule has 2 aromatic rings. The number of quaternary nitrogens is 1. The second-order valence-electron chi connectivity index (χ2n) is 8.05. The number of methoxy groups -OCH3 is 1. The van der Waals surface area contributed by atoms with E-state index in [1.54, 1.807) is 31.4 Å². The van der Waals surface area contributed by atoms with Crippen molar-refractivity contribution in [3.05, 3.63) is 41.7 Å². The molecule has 30 heavy (non-hydrogen) atoms. The number of carbonyl (C=O) groups is 2. The number of rotatable bonds is 5. The molecule has 4 rings (SSSR count). The maximum atomic E-state index is 13.0. The first-order chi connectivity index (χ1) is 14.4. The minimum absolute atomic E-state index is 0.145. The number of benzene rings is 1. The Labute approximate surface area is 176 Å². The van der Waals surface area contributed by atoms with E-state index in [-0.39, 0.29) is 24.3 Å². The van der Waals surface area contributed by atoms with Crippen molar-refractivity contribution >= 4 is 23.5 Å². The smallest absolute Gasteiger partial charge is 0.292 e. The third-order valence-electron chi connectivity index (χ3n) is 5.79. The summed E-state index contributed by atoms with van der Waals surface area (Å²) in [4.78, 5) is 38.1. The van der Waals surface area contributed by atoms with Gasteiger partial charge in [0, 0.05) is 43.4 Å². The summed E-state index contributed by atoms with van der Waals surface area (Å²) in [6.07, 6.45) is 2.08. The molecule has 2 fully saturated rings. The Kier molecular flexibility index (Phi) is 5.67. The summed E-state index contributed by atoms with van der Waals surface area (Å²) in [7, 11) is 1.57. The minimum Gasteiger partial charge on any atom is -0.497 e. The number of carbonyl (C=O) groups excluding carboxylic acids is 2. The second-order valence-corrected chi connectivity index (χ2v) is 8.05. The van der Waals surface area contributed by atoms with Crippen molar-refractivity contribution in [2.24, 2.45) is 0 Å². The van der Waals surface area contributed by atoms with Crippen LogP contribution in [0, 0.1) is 13.8 Å². The summed E-state index contributed by atoms with van der Waals surface area (Å²) in [6, 6.07) is 8.99. The number of ether oxygens (including phenoxy) is 1. The van der Waals surface area contributed by atoms with Crippen molar-refractivity contribution < 1.29 is 19.6 Å². The van der Waals surface area contributed by atoms with Crippen LogP contribution in [0.5, 0.6) is 5.75 Å². The summed E-state index contributed by atoms with van der Waals surface area (Å²) in [5.41, 5.74) is 2.51. The molecule has 2 saturated heterocycles. The summed E-state index contributed by atoms with van der Waals surface area (Å²) in [6.45, 7) is 5.65. The first kappa shape index (κ1) is 20.3. The largest absolute Gasteiger partial charge is 0.497 e. The first-order valence-corrected chi connectivity index (χ1v) is 10.4. The van der Waals surface area contributed by atoms with Gasteiger partial charge in [-0.25, -0.2) is 14.9 Å². The normalized spacial score (nSPS) is 20.2. The van der Waals surface area contributed by atoms with Crippen molar-refractivity contribution in [2.75, 3.05) is 30.0 Å². The van der Waals surface area contributed by atoms with Gasteiger partial charge < -0.3 is 15.0 Å². The van der Waals surface area contributed by atoms with E-state index in [1.165, 1.54) is 4.90 Å². The fraction of sp³-hybridized carbons (Fsp3) is 0.455. The summed E-state index contributed by atoms with van der Waals surface area (Å²) in [5.74, 6) is 1.10. The van der Waals surface area contributed by atoms with Crippen LogP contribution >= 0.6 is 0 Å². The van der Waals surface area contributed by atoms with Crippen LogP contribution in [0.1, 0.15) is 30.7 Å². The number of nitrogens with two attached hydrogens (primary N) is 1. The molecule has 0 spiro atoms. The number of aryl methyl sites for hydroxylation is 2. The van der Waals surface area contributed by atoms with Gasteiger partial charge in [0.25, 0.3) is 5.91 Å².